The van der Waals surface area contributed by atoms with Gasteiger partial charge in [0.25, 0.3) is 11.5 Å². The van der Waals surface area contributed by atoms with Crippen LogP contribution >= 0.6 is 23.2 Å². The molecule has 0 radical (unpaired) electrons. The molecule has 174 valence electrons. The Morgan fingerprint density at radius 1 is 1.21 bits per heavy atom. The predicted octanol–water partition coefficient (Wildman–Crippen LogP) is 3.54. The van der Waals surface area contributed by atoms with Gasteiger partial charge in [-0.05, 0) is 38.1 Å². The number of benzene rings is 1. The summed E-state index contributed by atoms with van der Waals surface area (Å²) in [6.07, 6.45) is 8.35. The second-order valence-electron chi connectivity index (χ2n) is 7.13. The van der Waals surface area contributed by atoms with E-state index in [2.05, 4.69) is 20.6 Å². The third kappa shape index (κ3) is 6.22. The summed E-state index contributed by atoms with van der Waals surface area (Å²) in [7, 11) is 1.46. The van der Waals surface area contributed by atoms with Crippen molar-refractivity contribution in [3.05, 3.63) is 68.9 Å². The molecule has 1 fully saturated rings. The van der Waals surface area contributed by atoms with E-state index in [0.29, 0.717) is 11.4 Å². The van der Waals surface area contributed by atoms with Crippen molar-refractivity contribution >= 4 is 40.6 Å². The molecule has 0 bridgehead atoms. The molecule has 2 aromatic heterocycles. The van der Waals surface area contributed by atoms with E-state index < -0.39 is 11.5 Å². The fourth-order valence-electron chi connectivity index (χ4n) is 3.16. The van der Waals surface area contributed by atoms with Crippen molar-refractivity contribution in [2.75, 3.05) is 31.2 Å². The number of hydrogen-bond acceptors (Lipinski definition) is 7. The highest BCUT2D eigenvalue weighted by atomic mass is 35.5. The fraction of sp³-hybridized carbons (Fsp3) is 0.273. The number of piperidine rings is 1. The normalized spacial score (nSPS) is 12.9. The molecule has 0 spiro atoms. The van der Waals surface area contributed by atoms with Gasteiger partial charge in [-0.2, -0.15) is 0 Å². The number of amides is 1. The van der Waals surface area contributed by atoms with Crippen LogP contribution in [0.2, 0.25) is 10.0 Å². The number of nitrogens with zero attached hydrogens (tertiary/aromatic N) is 3. The molecular formula is C22H24Cl2N6O3. The van der Waals surface area contributed by atoms with Gasteiger partial charge in [-0.15, -0.1) is 0 Å². The maximum atomic E-state index is 12.9. The van der Waals surface area contributed by atoms with Crippen molar-refractivity contribution < 1.29 is 9.53 Å². The van der Waals surface area contributed by atoms with Crippen LogP contribution in [0, 0.1) is 0 Å². The maximum absolute atomic E-state index is 12.9. The number of carbonyl (C=O) groups is 1. The van der Waals surface area contributed by atoms with Gasteiger partial charge < -0.3 is 21.1 Å². The van der Waals surface area contributed by atoms with E-state index in [1.54, 1.807) is 18.3 Å². The van der Waals surface area contributed by atoms with Crippen LogP contribution in [0.5, 0.6) is 5.75 Å². The lowest BCUT2D eigenvalue weighted by atomic mass is 10.2. The summed E-state index contributed by atoms with van der Waals surface area (Å²) in [5.41, 5.74) is 5.25. The molecule has 11 heteroatoms. The lowest BCUT2D eigenvalue weighted by Crippen LogP contribution is -2.31. The number of pyridine rings is 1. The average molecular weight is 491 g/mol. The number of nitrogen functional groups attached to an aromatic ring is 1. The Morgan fingerprint density at radius 3 is 2.42 bits per heavy atom. The van der Waals surface area contributed by atoms with Gasteiger partial charge in [-0.3, -0.25) is 19.1 Å². The first-order valence-corrected chi connectivity index (χ1v) is 11.0. The molecule has 0 unspecified atom stereocenters. The van der Waals surface area contributed by atoms with Crippen molar-refractivity contribution in [3.63, 3.8) is 0 Å². The van der Waals surface area contributed by atoms with Gasteiger partial charge in [-0.1, -0.05) is 29.6 Å². The first-order chi connectivity index (χ1) is 15.9. The topological polar surface area (TPSA) is 124 Å². The summed E-state index contributed by atoms with van der Waals surface area (Å²) in [5, 5.41) is 6.12. The zero-order valence-electron chi connectivity index (χ0n) is 18.0. The molecule has 0 aliphatic carbocycles. The highest BCUT2D eigenvalue weighted by Gasteiger charge is 2.21. The number of halogens is 2. The first-order valence-electron chi connectivity index (χ1n) is 10.2. The first kappa shape index (κ1) is 24.5. The SMILES string of the molecule is C1CCNCC1.COc1cc(Cl)c(-n2cnc(N)c(C(=O)Nc3cccnc3)c2=O)c(Cl)c1. The number of aromatic nitrogens is 3. The van der Waals surface area contributed by atoms with Gasteiger partial charge in [0.2, 0.25) is 0 Å². The highest BCUT2D eigenvalue weighted by Crippen LogP contribution is 2.32. The minimum atomic E-state index is -0.729. The minimum absolute atomic E-state index is 0.145. The summed E-state index contributed by atoms with van der Waals surface area (Å²) in [6.45, 7) is 2.50. The fourth-order valence-corrected chi connectivity index (χ4v) is 3.81. The van der Waals surface area contributed by atoms with Gasteiger partial charge in [0.15, 0.2) is 0 Å². The number of hydrogen-bond donors (Lipinski definition) is 3. The van der Waals surface area contributed by atoms with E-state index >= 15 is 0 Å². The predicted molar refractivity (Wildman–Crippen MR) is 130 cm³/mol. The molecule has 1 aliphatic heterocycles. The van der Waals surface area contributed by atoms with Crippen LogP contribution in [0.15, 0.2) is 47.8 Å². The van der Waals surface area contributed by atoms with Crippen molar-refractivity contribution in [3.8, 4) is 11.4 Å². The largest absolute Gasteiger partial charge is 0.497 e. The maximum Gasteiger partial charge on any atom is 0.273 e. The Bertz CT molecular complexity index is 1130. The molecule has 1 saturated heterocycles. The van der Waals surface area contributed by atoms with Crippen LogP contribution in [0.4, 0.5) is 11.5 Å². The zero-order chi connectivity index (χ0) is 23.8. The van der Waals surface area contributed by atoms with Gasteiger partial charge in [0.05, 0.1) is 34.7 Å². The monoisotopic (exact) mass is 490 g/mol. The summed E-state index contributed by atoms with van der Waals surface area (Å²) in [5.74, 6) is -0.536. The van der Waals surface area contributed by atoms with Crippen LogP contribution in [-0.2, 0) is 0 Å². The molecule has 9 nitrogen and oxygen atoms in total. The molecule has 1 amide bonds. The van der Waals surface area contributed by atoms with Crippen molar-refractivity contribution in [2.24, 2.45) is 0 Å². The Labute approximate surface area is 200 Å². The Hall–Kier alpha value is -3.14. The summed E-state index contributed by atoms with van der Waals surface area (Å²) in [4.78, 5) is 33.3. The molecule has 3 heterocycles. The number of anilines is 2. The van der Waals surface area contributed by atoms with Crippen LogP contribution in [0.25, 0.3) is 5.69 Å². The van der Waals surface area contributed by atoms with Crippen molar-refractivity contribution in [2.45, 2.75) is 19.3 Å². The second-order valence-corrected chi connectivity index (χ2v) is 7.94. The third-order valence-electron chi connectivity index (χ3n) is 4.82. The molecule has 1 aromatic carbocycles. The number of methoxy groups -OCH3 is 1. The highest BCUT2D eigenvalue weighted by molar-refractivity contribution is 6.38. The van der Waals surface area contributed by atoms with Gasteiger partial charge >= 0.3 is 0 Å². The lowest BCUT2D eigenvalue weighted by Gasteiger charge is -2.13. The molecule has 0 saturated carbocycles. The van der Waals surface area contributed by atoms with Crippen LogP contribution in [0.1, 0.15) is 29.6 Å². The number of ether oxygens (including phenoxy) is 1. The van der Waals surface area contributed by atoms with Gasteiger partial charge in [0, 0.05) is 18.3 Å². The molecule has 0 atom stereocenters. The van der Waals surface area contributed by atoms with Crippen LogP contribution < -0.4 is 26.7 Å². The summed E-state index contributed by atoms with van der Waals surface area (Å²) >= 11 is 12.5. The number of nitrogens with two attached hydrogens (primary N) is 1. The smallest absolute Gasteiger partial charge is 0.273 e. The van der Waals surface area contributed by atoms with E-state index in [9.17, 15) is 9.59 Å². The lowest BCUT2D eigenvalue weighted by molar-refractivity contribution is 0.102. The Morgan fingerprint density at radius 2 is 1.91 bits per heavy atom. The standard InChI is InChI=1S/C17H13Cl2N5O3.C5H11N/c1-27-10-5-11(18)14(12(19)6-10)24-8-22-15(20)13(17(24)26)16(25)23-9-3-2-4-21-7-9;1-2-4-6-5-3-1/h2-8H,20H2,1H3,(H,23,25);6H,1-5H2. The van der Waals surface area contributed by atoms with Gasteiger partial charge in [-0.25, -0.2) is 4.98 Å². The zero-order valence-corrected chi connectivity index (χ0v) is 19.5. The molecular weight excluding hydrogens is 467 g/mol. The summed E-state index contributed by atoms with van der Waals surface area (Å²) in [6, 6.07) is 6.23. The third-order valence-corrected chi connectivity index (χ3v) is 5.40. The summed E-state index contributed by atoms with van der Waals surface area (Å²) < 4.78 is 6.14. The number of rotatable bonds is 4. The van der Waals surface area contributed by atoms with Gasteiger partial charge in [0.1, 0.15) is 23.5 Å². The average Bonchev–Trinajstić information content (AvgIpc) is 2.82. The van der Waals surface area contributed by atoms with E-state index in [-0.39, 0.29) is 27.1 Å². The Balaban J connectivity index is 0.000000442. The van der Waals surface area contributed by atoms with E-state index in [4.69, 9.17) is 33.7 Å². The molecule has 4 N–H and O–H groups in total. The van der Waals surface area contributed by atoms with Crippen molar-refractivity contribution in [1.82, 2.24) is 19.9 Å². The Kier molecular flexibility index (Phi) is 8.65. The van der Waals surface area contributed by atoms with E-state index in [0.717, 1.165) is 10.9 Å². The molecule has 4 rings (SSSR count). The quantitative estimate of drug-likeness (QED) is 0.510. The number of carbonyl (C=O) groups excluding carboxylic acids is 1. The minimum Gasteiger partial charge on any atom is -0.497 e. The van der Waals surface area contributed by atoms with Crippen molar-refractivity contribution in [1.29, 1.82) is 0 Å². The van der Waals surface area contributed by atoms with E-state index in [1.165, 1.54) is 57.8 Å². The van der Waals surface area contributed by atoms with E-state index in [1.807, 2.05) is 0 Å². The molecule has 1 aliphatic rings. The molecule has 3 aromatic rings. The van der Waals surface area contributed by atoms with Crippen LogP contribution in [-0.4, -0.2) is 40.6 Å². The number of nitrogens with one attached hydrogen (secondary N) is 2. The second kappa shape index (κ2) is 11.6. The van der Waals surface area contributed by atoms with Crippen LogP contribution in [0.3, 0.4) is 0 Å². The molecule has 33 heavy (non-hydrogen) atoms.